The van der Waals surface area contributed by atoms with Gasteiger partial charge in [-0.25, -0.2) is 18.0 Å². The first-order valence-corrected chi connectivity index (χ1v) is 10.5. The van der Waals surface area contributed by atoms with Gasteiger partial charge >= 0.3 is 12.1 Å². The monoisotopic (exact) mass is 406 g/mol. The molecule has 10 nitrogen and oxygen atoms in total. The molecule has 0 atom stereocenters. The van der Waals surface area contributed by atoms with Crippen LogP contribution in [0.25, 0.3) is 0 Å². The van der Waals surface area contributed by atoms with E-state index in [-0.39, 0.29) is 32.2 Å². The smallest absolute Gasteiger partial charge is 0.410 e. The van der Waals surface area contributed by atoms with Crippen LogP contribution in [0.3, 0.4) is 0 Å². The van der Waals surface area contributed by atoms with E-state index in [0.717, 1.165) is 0 Å². The van der Waals surface area contributed by atoms with E-state index in [4.69, 9.17) is 9.47 Å². The van der Waals surface area contributed by atoms with Gasteiger partial charge < -0.3 is 24.6 Å². The van der Waals surface area contributed by atoms with Gasteiger partial charge in [-0.15, -0.1) is 0 Å². The van der Waals surface area contributed by atoms with Gasteiger partial charge in [0.25, 0.3) is 0 Å². The summed E-state index contributed by atoms with van der Waals surface area (Å²) >= 11 is 0. The van der Waals surface area contributed by atoms with Crippen LogP contribution in [0.5, 0.6) is 0 Å². The number of carbonyl (C=O) groups is 2. The Hall–Kier alpha value is -1.59. The van der Waals surface area contributed by atoms with E-state index in [1.165, 1.54) is 14.1 Å². The van der Waals surface area contributed by atoms with E-state index >= 15 is 0 Å². The van der Waals surface area contributed by atoms with Crippen LogP contribution >= 0.6 is 0 Å². The SMILES string of the molecule is COCCNC(=O)N1CC(S(=O)(=O)N2CCN(C(=O)OC(C)(C)C)CC2)C1. The van der Waals surface area contributed by atoms with Gasteiger partial charge in [-0.2, -0.15) is 4.31 Å². The number of nitrogens with zero attached hydrogens (tertiary/aromatic N) is 3. The molecule has 0 saturated carbocycles. The predicted octanol–water partition coefficient (Wildman–Crippen LogP) is -0.0909. The molecule has 0 bridgehead atoms. The van der Waals surface area contributed by atoms with Crippen LogP contribution in [0, 0.1) is 0 Å². The largest absolute Gasteiger partial charge is 0.444 e. The van der Waals surface area contributed by atoms with E-state index in [2.05, 4.69) is 5.32 Å². The quantitative estimate of drug-likeness (QED) is 0.639. The summed E-state index contributed by atoms with van der Waals surface area (Å²) in [6.45, 7) is 7.57. The first kappa shape index (κ1) is 21.7. The van der Waals surface area contributed by atoms with Gasteiger partial charge in [0.15, 0.2) is 0 Å². The minimum Gasteiger partial charge on any atom is -0.444 e. The Morgan fingerprint density at radius 1 is 1.07 bits per heavy atom. The summed E-state index contributed by atoms with van der Waals surface area (Å²) in [5, 5.41) is 2.07. The van der Waals surface area contributed by atoms with Crippen molar-refractivity contribution in [3.63, 3.8) is 0 Å². The van der Waals surface area contributed by atoms with Crippen molar-refractivity contribution in [1.29, 1.82) is 0 Å². The Morgan fingerprint density at radius 2 is 1.67 bits per heavy atom. The van der Waals surface area contributed by atoms with Gasteiger partial charge in [-0.1, -0.05) is 0 Å². The van der Waals surface area contributed by atoms with Crippen LogP contribution in [-0.4, -0.2) is 105 Å². The number of rotatable bonds is 5. The first-order valence-electron chi connectivity index (χ1n) is 9.03. The van der Waals surface area contributed by atoms with Crippen molar-refractivity contribution < 1.29 is 27.5 Å². The number of ether oxygens (including phenoxy) is 2. The second-order valence-electron chi connectivity index (χ2n) is 7.66. The number of urea groups is 1. The third-order valence-electron chi connectivity index (χ3n) is 4.39. The number of likely N-dealkylation sites (tertiary alicyclic amines) is 1. The summed E-state index contributed by atoms with van der Waals surface area (Å²) < 4.78 is 37.0. The lowest BCUT2D eigenvalue weighted by Crippen LogP contribution is -2.63. The molecule has 0 aromatic carbocycles. The van der Waals surface area contributed by atoms with E-state index in [9.17, 15) is 18.0 Å². The summed E-state index contributed by atoms with van der Waals surface area (Å²) in [5.74, 6) is 0. The predicted molar refractivity (Wildman–Crippen MR) is 98.9 cm³/mol. The van der Waals surface area contributed by atoms with Crippen LogP contribution in [-0.2, 0) is 19.5 Å². The fourth-order valence-corrected chi connectivity index (χ4v) is 4.66. The molecule has 2 rings (SSSR count). The first-order chi connectivity index (χ1) is 12.5. The normalized spacial score (nSPS) is 19.6. The van der Waals surface area contributed by atoms with E-state index < -0.39 is 27.0 Å². The van der Waals surface area contributed by atoms with Gasteiger partial charge in [0.05, 0.1) is 6.61 Å². The minimum atomic E-state index is -3.49. The summed E-state index contributed by atoms with van der Waals surface area (Å²) in [4.78, 5) is 26.9. The maximum absolute atomic E-state index is 12.7. The van der Waals surface area contributed by atoms with Crippen molar-refractivity contribution in [3.8, 4) is 0 Å². The van der Waals surface area contributed by atoms with Crippen molar-refractivity contribution in [3.05, 3.63) is 0 Å². The fraction of sp³-hybridized carbons (Fsp3) is 0.875. The zero-order valence-corrected chi connectivity index (χ0v) is 17.3. The molecule has 27 heavy (non-hydrogen) atoms. The van der Waals surface area contributed by atoms with Crippen LogP contribution in [0.2, 0.25) is 0 Å². The minimum absolute atomic E-state index is 0.174. The average Bonchev–Trinajstić information content (AvgIpc) is 2.52. The van der Waals surface area contributed by atoms with Crippen molar-refractivity contribution >= 4 is 22.1 Å². The molecule has 0 radical (unpaired) electrons. The molecule has 11 heteroatoms. The van der Waals surface area contributed by atoms with Crippen LogP contribution in [0.4, 0.5) is 9.59 Å². The standard InChI is InChI=1S/C16H30N4O6S/c1-16(2,3)26-15(22)18-6-8-20(9-7-18)27(23,24)13-11-19(12-13)14(21)17-5-10-25-4/h13H,5-12H2,1-4H3,(H,17,21). The molecule has 3 amide bonds. The summed E-state index contributed by atoms with van der Waals surface area (Å²) in [6, 6.07) is -0.284. The Labute approximate surface area is 160 Å². The summed E-state index contributed by atoms with van der Waals surface area (Å²) in [7, 11) is -1.95. The van der Waals surface area contributed by atoms with Crippen molar-refractivity contribution in [2.75, 3.05) is 59.5 Å². The van der Waals surface area contributed by atoms with Crippen molar-refractivity contribution in [2.24, 2.45) is 0 Å². The van der Waals surface area contributed by atoms with Gasteiger partial charge in [0.2, 0.25) is 10.0 Å². The number of nitrogens with one attached hydrogen (secondary N) is 1. The number of sulfonamides is 1. The third-order valence-corrected chi connectivity index (χ3v) is 6.61. The lowest BCUT2D eigenvalue weighted by molar-refractivity contribution is 0.0191. The van der Waals surface area contributed by atoms with Crippen LogP contribution < -0.4 is 5.32 Å². The van der Waals surface area contributed by atoms with Gasteiger partial charge in [0.1, 0.15) is 10.9 Å². The molecule has 0 aromatic heterocycles. The molecule has 0 unspecified atom stereocenters. The molecule has 2 aliphatic heterocycles. The number of piperazine rings is 1. The van der Waals surface area contributed by atoms with Gasteiger partial charge in [-0.3, -0.25) is 0 Å². The molecule has 2 aliphatic rings. The molecule has 0 aliphatic carbocycles. The molecular weight excluding hydrogens is 376 g/mol. The topological polar surface area (TPSA) is 108 Å². The summed E-state index contributed by atoms with van der Waals surface area (Å²) in [6.07, 6.45) is -0.429. The Morgan fingerprint density at radius 3 is 2.19 bits per heavy atom. The highest BCUT2D eigenvalue weighted by atomic mass is 32.2. The second kappa shape index (κ2) is 8.61. The highest BCUT2D eigenvalue weighted by molar-refractivity contribution is 7.89. The molecule has 0 aromatic rings. The lowest BCUT2D eigenvalue weighted by Gasteiger charge is -2.42. The van der Waals surface area contributed by atoms with E-state index in [0.29, 0.717) is 26.2 Å². The lowest BCUT2D eigenvalue weighted by atomic mass is 10.2. The zero-order chi connectivity index (χ0) is 20.2. The van der Waals surface area contributed by atoms with E-state index in [1.807, 2.05) is 0 Å². The summed E-state index contributed by atoms with van der Waals surface area (Å²) in [5.41, 5.74) is -0.584. The second-order valence-corrected chi connectivity index (χ2v) is 9.88. The number of carbonyl (C=O) groups excluding carboxylic acids is 2. The van der Waals surface area contributed by atoms with Crippen LogP contribution in [0.15, 0.2) is 0 Å². The maximum Gasteiger partial charge on any atom is 0.410 e. The van der Waals surface area contributed by atoms with E-state index in [1.54, 1.807) is 27.9 Å². The number of amides is 3. The molecule has 156 valence electrons. The number of methoxy groups -OCH3 is 1. The van der Waals surface area contributed by atoms with Gasteiger partial charge in [-0.05, 0) is 20.8 Å². The Balaban J connectivity index is 1.79. The Bertz CT molecular complexity index is 634. The number of hydrogen-bond donors (Lipinski definition) is 1. The molecule has 2 saturated heterocycles. The van der Waals surface area contributed by atoms with Crippen molar-refractivity contribution in [1.82, 2.24) is 19.4 Å². The fourth-order valence-electron chi connectivity index (χ4n) is 2.83. The number of hydrogen-bond acceptors (Lipinski definition) is 6. The Kier molecular flexibility index (Phi) is 6.92. The maximum atomic E-state index is 12.7. The molecule has 2 heterocycles. The average molecular weight is 407 g/mol. The highest BCUT2D eigenvalue weighted by Gasteiger charge is 2.43. The molecule has 1 N–H and O–H groups in total. The molecular formula is C16H30N4O6S. The zero-order valence-electron chi connectivity index (χ0n) is 16.4. The van der Waals surface area contributed by atoms with Gasteiger partial charge in [0, 0.05) is 52.9 Å². The van der Waals surface area contributed by atoms with Crippen LogP contribution in [0.1, 0.15) is 20.8 Å². The third kappa shape index (κ3) is 5.69. The van der Waals surface area contributed by atoms with Crippen molar-refractivity contribution in [2.45, 2.75) is 31.6 Å². The highest BCUT2D eigenvalue weighted by Crippen LogP contribution is 2.22. The molecule has 2 fully saturated rings. The molecule has 0 spiro atoms.